The van der Waals surface area contributed by atoms with Crippen LogP contribution >= 0.6 is 11.6 Å². The molecule has 1 heterocycles. The number of nitrogens with zero attached hydrogens (tertiary/aromatic N) is 1. The summed E-state index contributed by atoms with van der Waals surface area (Å²) in [5, 5.41) is 6.91. The van der Waals surface area contributed by atoms with Gasteiger partial charge in [0.2, 0.25) is 5.91 Å². The SMILES string of the molecule is CCOC(=O)N1CCC(NC(=O)CN[C@@H](C)c2cccc(Cl)c2)CC1. The Morgan fingerprint density at radius 3 is 2.72 bits per heavy atom. The summed E-state index contributed by atoms with van der Waals surface area (Å²) in [5.74, 6) is -0.0385. The van der Waals surface area contributed by atoms with E-state index < -0.39 is 0 Å². The van der Waals surface area contributed by atoms with Gasteiger partial charge in [-0.05, 0) is 44.4 Å². The van der Waals surface area contributed by atoms with E-state index in [-0.39, 0.29) is 30.6 Å². The first kappa shape index (κ1) is 19.5. The topological polar surface area (TPSA) is 70.7 Å². The van der Waals surface area contributed by atoms with Gasteiger partial charge in [0.15, 0.2) is 0 Å². The van der Waals surface area contributed by atoms with Gasteiger partial charge in [-0.1, -0.05) is 23.7 Å². The van der Waals surface area contributed by atoms with Crippen LogP contribution in [0.25, 0.3) is 0 Å². The number of benzene rings is 1. The number of amides is 2. The van der Waals surface area contributed by atoms with Gasteiger partial charge in [0.25, 0.3) is 0 Å². The number of ether oxygens (including phenoxy) is 1. The van der Waals surface area contributed by atoms with Crippen LogP contribution in [0.15, 0.2) is 24.3 Å². The maximum Gasteiger partial charge on any atom is 0.409 e. The van der Waals surface area contributed by atoms with Gasteiger partial charge in [-0.2, -0.15) is 0 Å². The highest BCUT2D eigenvalue weighted by Crippen LogP contribution is 2.17. The van der Waals surface area contributed by atoms with E-state index in [1.54, 1.807) is 11.8 Å². The summed E-state index contributed by atoms with van der Waals surface area (Å²) in [6.45, 7) is 5.63. The molecule has 0 aliphatic carbocycles. The third-order valence-corrected chi connectivity index (χ3v) is 4.54. The molecule has 0 unspecified atom stereocenters. The maximum atomic E-state index is 12.1. The number of piperidine rings is 1. The lowest BCUT2D eigenvalue weighted by molar-refractivity contribution is -0.121. The number of hydrogen-bond acceptors (Lipinski definition) is 4. The Kier molecular flexibility index (Phi) is 7.52. The van der Waals surface area contributed by atoms with Gasteiger partial charge in [0.1, 0.15) is 0 Å². The Hall–Kier alpha value is -1.79. The predicted molar refractivity (Wildman–Crippen MR) is 97.6 cm³/mol. The van der Waals surface area contributed by atoms with Crippen molar-refractivity contribution in [3.05, 3.63) is 34.9 Å². The standard InChI is InChI=1S/C18H26ClN3O3/c1-3-25-18(24)22-9-7-16(8-10-22)21-17(23)12-20-13(2)14-5-4-6-15(19)11-14/h4-6,11,13,16,20H,3,7-10,12H2,1-2H3,(H,21,23)/t13-/m0/s1. The number of carbonyl (C=O) groups is 2. The molecule has 2 amide bonds. The second kappa shape index (κ2) is 9.63. The third-order valence-electron chi connectivity index (χ3n) is 4.30. The minimum Gasteiger partial charge on any atom is -0.450 e. The summed E-state index contributed by atoms with van der Waals surface area (Å²) >= 11 is 5.99. The van der Waals surface area contributed by atoms with Crippen LogP contribution in [0.2, 0.25) is 5.02 Å². The molecule has 1 aliphatic heterocycles. The summed E-state index contributed by atoms with van der Waals surface area (Å²) in [6.07, 6.45) is 1.22. The zero-order valence-electron chi connectivity index (χ0n) is 14.8. The van der Waals surface area contributed by atoms with E-state index in [1.165, 1.54) is 0 Å². The van der Waals surface area contributed by atoms with Crippen molar-refractivity contribution in [3.63, 3.8) is 0 Å². The Balaban J connectivity index is 1.70. The lowest BCUT2D eigenvalue weighted by Gasteiger charge is -2.31. The number of rotatable bonds is 6. The molecule has 1 aromatic rings. The molecule has 1 aromatic carbocycles. The van der Waals surface area contributed by atoms with E-state index in [2.05, 4.69) is 10.6 Å². The van der Waals surface area contributed by atoms with Gasteiger partial charge in [0.05, 0.1) is 13.2 Å². The molecule has 7 heteroatoms. The quantitative estimate of drug-likeness (QED) is 0.811. The van der Waals surface area contributed by atoms with Gasteiger partial charge in [-0.15, -0.1) is 0 Å². The molecule has 1 aliphatic rings. The van der Waals surface area contributed by atoms with Crippen molar-refractivity contribution >= 4 is 23.6 Å². The summed E-state index contributed by atoms with van der Waals surface area (Å²) in [7, 11) is 0. The fourth-order valence-corrected chi connectivity index (χ4v) is 3.04. The molecular weight excluding hydrogens is 342 g/mol. The number of nitrogens with one attached hydrogen (secondary N) is 2. The normalized spacial score (nSPS) is 16.4. The van der Waals surface area contributed by atoms with Crippen LogP contribution in [-0.4, -0.2) is 49.2 Å². The van der Waals surface area contributed by atoms with Crippen LogP contribution in [0.5, 0.6) is 0 Å². The fourth-order valence-electron chi connectivity index (χ4n) is 2.84. The van der Waals surface area contributed by atoms with Gasteiger partial charge >= 0.3 is 6.09 Å². The molecule has 0 aromatic heterocycles. The molecule has 0 radical (unpaired) electrons. The molecule has 2 rings (SSSR count). The predicted octanol–water partition coefficient (Wildman–Crippen LogP) is 2.73. The van der Waals surface area contributed by atoms with Crippen molar-refractivity contribution in [3.8, 4) is 0 Å². The molecule has 1 atom stereocenters. The minimum atomic E-state index is -0.274. The number of carbonyl (C=O) groups excluding carboxylic acids is 2. The number of halogens is 1. The highest BCUT2D eigenvalue weighted by molar-refractivity contribution is 6.30. The third kappa shape index (κ3) is 6.21. The van der Waals surface area contributed by atoms with Crippen LogP contribution in [-0.2, 0) is 9.53 Å². The van der Waals surface area contributed by atoms with E-state index in [4.69, 9.17) is 16.3 Å². The summed E-state index contributed by atoms with van der Waals surface area (Å²) in [5.41, 5.74) is 1.04. The van der Waals surface area contributed by atoms with Crippen molar-refractivity contribution in [2.24, 2.45) is 0 Å². The molecular formula is C18H26ClN3O3. The molecule has 25 heavy (non-hydrogen) atoms. The average Bonchev–Trinajstić information content (AvgIpc) is 2.60. The van der Waals surface area contributed by atoms with Crippen LogP contribution in [0, 0.1) is 0 Å². The van der Waals surface area contributed by atoms with E-state index in [1.807, 2.05) is 31.2 Å². The monoisotopic (exact) mass is 367 g/mol. The second-order valence-corrected chi connectivity index (χ2v) is 6.62. The van der Waals surface area contributed by atoms with Crippen LogP contribution < -0.4 is 10.6 Å². The molecule has 2 N–H and O–H groups in total. The molecule has 6 nitrogen and oxygen atoms in total. The maximum absolute atomic E-state index is 12.1. The van der Waals surface area contributed by atoms with Gasteiger partial charge in [-0.25, -0.2) is 4.79 Å². The van der Waals surface area contributed by atoms with E-state index in [0.717, 1.165) is 18.4 Å². The second-order valence-electron chi connectivity index (χ2n) is 6.19. The summed E-state index contributed by atoms with van der Waals surface area (Å²) in [6, 6.07) is 7.73. The van der Waals surface area contributed by atoms with Gasteiger partial charge in [-0.3, -0.25) is 4.79 Å². The Bertz CT molecular complexity index is 589. The first-order valence-corrected chi connectivity index (χ1v) is 9.07. The molecule has 138 valence electrons. The molecule has 0 saturated carbocycles. The fraction of sp³-hybridized carbons (Fsp3) is 0.556. The smallest absolute Gasteiger partial charge is 0.409 e. The van der Waals surface area contributed by atoms with E-state index in [0.29, 0.717) is 24.7 Å². The number of hydrogen-bond donors (Lipinski definition) is 2. The van der Waals surface area contributed by atoms with Crippen molar-refractivity contribution in [1.82, 2.24) is 15.5 Å². The first-order chi connectivity index (χ1) is 12.0. The van der Waals surface area contributed by atoms with Crippen molar-refractivity contribution in [2.45, 2.75) is 38.8 Å². The summed E-state index contributed by atoms with van der Waals surface area (Å²) in [4.78, 5) is 25.5. The van der Waals surface area contributed by atoms with Crippen molar-refractivity contribution in [2.75, 3.05) is 26.2 Å². The highest BCUT2D eigenvalue weighted by atomic mass is 35.5. The van der Waals surface area contributed by atoms with Crippen molar-refractivity contribution in [1.29, 1.82) is 0 Å². The summed E-state index contributed by atoms with van der Waals surface area (Å²) < 4.78 is 4.99. The average molecular weight is 368 g/mol. The highest BCUT2D eigenvalue weighted by Gasteiger charge is 2.24. The molecule has 1 fully saturated rings. The Morgan fingerprint density at radius 2 is 2.08 bits per heavy atom. The molecule has 1 saturated heterocycles. The minimum absolute atomic E-state index is 0.0371. The van der Waals surface area contributed by atoms with E-state index >= 15 is 0 Å². The molecule has 0 bridgehead atoms. The molecule has 0 spiro atoms. The van der Waals surface area contributed by atoms with Crippen molar-refractivity contribution < 1.29 is 14.3 Å². The lowest BCUT2D eigenvalue weighted by Crippen LogP contribution is -2.48. The van der Waals surface area contributed by atoms with Crippen LogP contribution in [0.4, 0.5) is 4.79 Å². The van der Waals surface area contributed by atoms with Crippen LogP contribution in [0.3, 0.4) is 0 Å². The van der Waals surface area contributed by atoms with E-state index in [9.17, 15) is 9.59 Å². The zero-order valence-corrected chi connectivity index (χ0v) is 15.5. The van der Waals surface area contributed by atoms with Gasteiger partial charge < -0.3 is 20.3 Å². The van der Waals surface area contributed by atoms with Gasteiger partial charge in [0, 0.05) is 30.2 Å². The Labute approximate surface area is 153 Å². The van der Waals surface area contributed by atoms with Crippen LogP contribution in [0.1, 0.15) is 38.3 Å². The lowest BCUT2D eigenvalue weighted by atomic mass is 10.1. The number of likely N-dealkylation sites (tertiary alicyclic amines) is 1. The largest absolute Gasteiger partial charge is 0.450 e. The Morgan fingerprint density at radius 1 is 1.36 bits per heavy atom. The zero-order chi connectivity index (χ0) is 18.2. The first-order valence-electron chi connectivity index (χ1n) is 8.69.